The highest BCUT2D eigenvalue weighted by molar-refractivity contribution is 5.97. The number of carbonyl (C=O) groups excluding carboxylic acids is 2. The Kier molecular flexibility index (Phi) is 5.41. The average molecular weight is 392 g/mol. The third-order valence-corrected chi connectivity index (χ3v) is 6.38. The lowest BCUT2D eigenvalue weighted by Gasteiger charge is -2.48. The third kappa shape index (κ3) is 3.92. The molecule has 2 aromatic carbocycles. The van der Waals surface area contributed by atoms with Crippen LogP contribution in [0.3, 0.4) is 0 Å². The Morgan fingerprint density at radius 2 is 1.66 bits per heavy atom. The van der Waals surface area contributed by atoms with E-state index in [9.17, 15) is 9.59 Å². The first-order valence-electron chi connectivity index (χ1n) is 10.3. The molecule has 2 fully saturated rings. The van der Waals surface area contributed by atoms with Crippen LogP contribution in [-0.4, -0.2) is 65.3 Å². The van der Waals surface area contributed by atoms with E-state index in [-0.39, 0.29) is 17.9 Å². The lowest BCUT2D eigenvalue weighted by molar-refractivity contribution is -0.164. The molecule has 2 amide bonds. The SMILES string of the molecule is Cc1ccc(CN2CCN3C(=O)[C@H](Cc4ccccc4)N(C)C(=O)[C@H]3C2)cc1C. The predicted molar refractivity (Wildman–Crippen MR) is 113 cm³/mol. The van der Waals surface area contributed by atoms with Crippen molar-refractivity contribution in [1.82, 2.24) is 14.7 Å². The van der Waals surface area contributed by atoms with Crippen molar-refractivity contribution < 1.29 is 9.59 Å². The highest BCUT2D eigenvalue weighted by atomic mass is 16.2. The Labute approximate surface area is 172 Å². The average Bonchev–Trinajstić information content (AvgIpc) is 2.73. The van der Waals surface area contributed by atoms with Gasteiger partial charge in [0.15, 0.2) is 0 Å². The summed E-state index contributed by atoms with van der Waals surface area (Å²) in [5, 5.41) is 0. The normalized spacial score (nSPS) is 22.7. The van der Waals surface area contributed by atoms with Gasteiger partial charge in [0.05, 0.1) is 0 Å². The molecule has 2 aliphatic rings. The summed E-state index contributed by atoms with van der Waals surface area (Å²) in [4.78, 5) is 32.1. The van der Waals surface area contributed by atoms with E-state index in [1.165, 1.54) is 16.7 Å². The van der Waals surface area contributed by atoms with Crippen molar-refractivity contribution in [3.8, 4) is 0 Å². The summed E-state index contributed by atoms with van der Waals surface area (Å²) in [5.74, 6) is 0.127. The summed E-state index contributed by atoms with van der Waals surface area (Å²) in [6, 6.07) is 15.7. The molecule has 5 heteroatoms. The van der Waals surface area contributed by atoms with Crippen LogP contribution in [0, 0.1) is 13.8 Å². The van der Waals surface area contributed by atoms with Crippen molar-refractivity contribution in [2.24, 2.45) is 0 Å². The number of likely N-dealkylation sites (N-methyl/N-ethyl adjacent to an activating group) is 1. The van der Waals surface area contributed by atoms with Gasteiger partial charge in [0, 0.05) is 39.6 Å². The second-order valence-electron chi connectivity index (χ2n) is 8.36. The summed E-state index contributed by atoms with van der Waals surface area (Å²) in [6.45, 7) is 7.06. The van der Waals surface area contributed by atoms with Crippen molar-refractivity contribution in [3.63, 3.8) is 0 Å². The van der Waals surface area contributed by atoms with Gasteiger partial charge in [-0.15, -0.1) is 0 Å². The van der Waals surface area contributed by atoms with Gasteiger partial charge in [-0.3, -0.25) is 14.5 Å². The number of fused-ring (bicyclic) bond motifs is 1. The fourth-order valence-electron chi connectivity index (χ4n) is 4.43. The molecule has 0 aliphatic carbocycles. The minimum Gasteiger partial charge on any atom is -0.332 e. The van der Waals surface area contributed by atoms with Crippen molar-refractivity contribution in [3.05, 3.63) is 70.8 Å². The molecule has 2 aliphatic heterocycles. The minimum atomic E-state index is -0.410. The van der Waals surface area contributed by atoms with Crippen LogP contribution in [0.4, 0.5) is 0 Å². The summed E-state index contributed by atoms with van der Waals surface area (Å²) < 4.78 is 0. The maximum absolute atomic E-state index is 13.2. The van der Waals surface area contributed by atoms with Crippen LogP contribution < -0.4 is 0 Å². The highest BCUT2D eigenvalue weighted by Crippen LogP contribution is 2.24. The molecule has 0 bridgehead atoms. The number of benzene rings is 2. The molecule has 0 spiro atoms. The van der Waals surface area contributed by atoms with Crippen LogP contribution in [0.25, 0.3) is 0 Å². The van der Waals surface area contributed by atoms with Crippen LogP contribution in [0.1, 0.15) is 22.3 Å². The number of nitrogens with zero attached hydrogens (tertiary/aromatic N) is 3. The van der Waals surface area contributed by atoms with Gasteiger partial charge in [-0.05, 0) is 36.1 Å². The highest BCUT2D eigenvalue weighted by Gasteiger charge is 2.46. The molecule has 2 atom stereocenters. The first-order valence-corrected chi connectivity index (χ1v) is 10.3. The van der Waals surface area contributed by atoms with Gasteiger partial charge in [-0.2, -0.15) is 0 Å². The Morgan fingerprint density at radius 3 is 2.38 bits per heavy atom. The molecule has 2 heterocycles. The van der Waals surface area contributed by atoms with Crippen molar-refractivity contribution in [2.75, 3.05) is 26.7 Å². The van der Waals surface area contributed by atoms with Gasteiger partial charge in [0.1, 0.15) is 12.1 Å². The van der Waals surface area contributed by atoms with E-state index in [0.717, 1.165) is 18.7 Å². The smallest absolute Gasteiger partial charge is 0.247 e. The van der Waals surface area contributed by atoms with Crippen molar-refractivity contribution in [1.29, 1.82) is 0 Å². The van der Waals surface area contributed by atoms with Crippen molar-refractivity contribution >= 4 is 11.8 Å². The minimum absolute atomic E-state index is 0.0512. The number of rotatable bonds is 4. The molecule has 2 saturated heterocycles. The number of hydrogen-bond acceptors (Lipinski definition) is 3. The Balaban J connectivity index is 1.46. The van der Waals surface area contributed by atoms with E-state index >= 15 is 0 Å². The number of hydrogen-bond donors (Lipinski definition) is 0. The first-order chi connectivity index (χ1) is 13.9. The number of aryl methyl sites for hydroxylation is 2. The van der Waals surface area contributed by atoms with Gasteiger partial charge in [-0.25, -0.2) is 0 Å². The van der Waals surface area contributed by atoms with Gasteiger partial charge in [-0.1, -0.05) is 48.5 Å². The lowest BCUT2D eigenvalue weighted by Crippen LogP contribution is -2.69. The third-order valence-electron chi connectivity index (χ3n) is 6.38. The van der Waals surface area contributed by atoms with E-state index in [0.29, 0.717) is 19.5 Å². The topological polar surface area (TPSA) is 43.9 Å². The largest absolute Gasteiger partial charge is 0.332 e. The van der Waals surface area contributed by atoms with Crippen LogP contribution in [0.15, 0.2) is 48.5 Å². The fraction of sp³-hybridized carbons (Fsp3) is 0.417. The molecule has 0 aromatic heterocycles. The van der Waals surface area contributed by atoms with Gasteiger partial charge < -0.3 is 9.80 Å². The second-order valence-corrected chi connectivity index (χ2v) is 8.36. The van der Waals surface area contributed by atoms with E-state index in [1.807, 2.05) is 35.2 Å². The molecule has 0 unspecified atom stereocenters. The Bertz CT molecular complexity index is 912. The molecule has 5 nitrogen and oxygen atoms in total. The molecule has 0 radical (unpaired) electrons. The zero-order valence-corrected chi connectivity index (χ0v) is 17.5. The summed E-state index contributed by atoms with van der Waals surface area (Å²) in [6.07, 6.45) is 0.567. The second kappa shape index (κ2) is 7.99. The summed E-state index contributed by atoms with van der Waals surface area (Å²) in [7, 11) is 1.77. The number of carbonyl (C=O) groups is 2. The molecule has 4 rings (SSSR count). The van der Waals surface area contributed by atoms with E-state index in [1.54, 1.807) is 11.9 Å². The zero-order chi connectivity index (χ0) is 20.5. The van der Waals surface area contributed by atoms with Crippen LogP contribution in [0.2, 0.25) is 0 Å². The lowest BCUT2D eigenvalue weighted by atomic mass is 9.96. The van der Waals surface area contributed by atoms with Crippen LogP contribution in [-0.2, 0) is 22.6 Å². The number of piperazine rings is 2. The summed E-state index contributed by atoms with van der Waals surface area (Å²) in [5.41, 5.74) is 4.91. The predicted octanol–water partition coefficient (Wildman–Crippen LogP) is 2.40. The van der Waals surface area contributed by atoms with Gasteiger partial charge >= 0.3 is 0 Å². The summed E-state index contributed by atoms with van der Waals surface area (Å²) >= 11 is 0. The fourth-order valence-corrected chi connectivity index (χ4v) is 4.43. The van der Waals surface area contributed by atoms with E-state index < -0.39 is 6.04 Å². The molecule has 152 valence electrons. The zero-order valence-electron chi connectivity index (χ0n) is 17.5. The molecular formula is C24H29N3O2. The monoisotopic (exact) mass is 391 g/mol. The van der Waals surface area contributed by atoms with E-state index in [2.05, 4.69) is 36.9 Å². The quantitative estimate of drug-likeness (QED) is 0.804. The van der Waals surface area contributed by atoms with Crippen LogP contribution in [0.5, 0.6) is 0 Å². The molecule has 0 saturated carbocycles. The van der Waals surface area contributed by atoms with Crippen molar-refractivity contribution in [2.45, 2.75) is 38.9 Å². The molecule has 29 heavy (non-hydrogen) atoms. The molecule has 0 N–H and O–H groups in total. The van der Waals surface area contributed by atoms with Crippen LogP contribution >= 0.6 is 0 Å². The molecular weight excluding hydrogens is 362 g/mol. The standard InChI is InChI=1S/C24H29N3O2/c1-17-9-10-20(13-18(17)2)15-26-11-12-27-22(16-26)23(28)25(3)21(24(27)29)14-19-7-5-4-6-8-19/h4-10,13,21-22H,11-12,14-16H2,1-3H3/t21-,22+/m0/s1. The Morgan fingerprint density at radius 1 is 0.897 bits per heavy atom. The maximum Gasteiger partial charge on any atom is 0.247 e. The van der Waals surface area contributed by atoms with E-state index in [4.69, 9.17) is 0 Å². The van der Waals surface area contributed by atoms with Gasteiger partial charge in [0.25, 0.3) is 0 Å². The molecule has 2 aromatic rings. The maximum atomic E-state index is 13.2. The van der Waals surface area contributed by atoms with Gasteiger partial charge in [0.2, 0.25) is 11.8 Å². The number of amides is 2. The first kappa shape index (κ1) is 19.6. The Hall–Kier alpha value is -2.66.